The maximum absolute atomic E-state index is 14.3. The Morgan fingerprint density at radius 2 is 1.83 bits per heavy atom. The van der Waals surface area contributed by atoms with Crippen LogP contribution in [0, 0.1) is 23.7 Å². The molecule has 4 heterocycles. The van der Waals surface area contributed by atoms with E-state index in [4.69, 9.17) is 4.74 Å². The Morgan fingerprint density at radius 3 is 2.60 bits per heavy atom. The number of pyridine rings is 1. The number of ether oxygens (including phenoxy) is 1. The number of rotatable bonds is 4. The highest BCUT2D eigenvalue weighted by Crippen LogP contribution is 2.46. The average molecular weight is 645 g/mol. The van der Waals surface area contributed by atoms with E-state index in [0.717, 1.165) is 31.1 Å². The van der Waals surface area contributed by atoms with Crippen molar-refractivity contribution in [3.63, 3.8) is 0 Å². The van der Waals surface area contributed by atoms with E-state index in [1.165, 1.54) is 0 Å². The molecule has 1 aromatic heterocycles. The second-order valence-corrected chi connectivity index (χ2v) is 14.6. The largest absolute Gasteiger partial charge is 0.479 e. The van der Waals surface area contributed by atoms with Crippen molar-refractivity contribution in [1.29, 1.82) is 0 Å². The number of carbonyl (C=O) groups is 5. The van der Waals surface area contributed by atoms with Crippen molar-refractivity contribution in [2.45, 2.75) is 82.9 Å². The fourth-order valence-corrected chi connectivity index (χ4v) is 7.60. The van der Waals surface area contributed by atoms with Crippen LogP contribution >= 0.6 is 0 Å². The molecule has 0 spiro atoms. The first-order chi connectivity index (χ1) is 22.4. The molecule has 3 aliphatic heterocycles. The van der Waals surface area contributed by atoms with Crippen LogP contribution in [0.4, 0.5) is 0 Å². The Bertz CT molecular complexity index is 1620. The predicted octanol–water partition coefficient (Wildman–Crippen LogP) is 3.96. The number of hydrogen-bond acceptors (Lipinski definition) is 7. The topological polar surface area (TPSA) is 146 Å². The lowest BCUT2D eigenvalue weighted by Gasteiger charge is -2.32. The molecule has 6 rings (SSSR count). The van der Waals surface area contributed by atoms with E-state index in [1.54, 1.807) is 36.6 Å². The van der Waals surface area contributed by atoms with Gasteiger partial charge in [0, 0.05) is 48.7 Å². The van der Waals surface area contributed by atoms with E-state index < -0.39 is 46.9 Å². The molecule has 2 saturated heterocycles. The van der Waals surface area contributed by atoms with Gasteiger partial charge in [-0.15, -0.1) is 0 Å². The Morgan fingerprint density at radius 1 is 1.04 bits per heavy atom. The second-order valence-electron chi connectivity index (χ2n) is 14.6. The Hall–Kier alpha value is -4.28. The minimum atomic E-state index is -1.43. The molecule has 2 aromatic rings. The van der Waals surface area contributed by atoms with Gasteiger partial charge < -0.3 is 25.0 Å². The summed E-state index contributed by atoms with van der Waals surface area (Å²) < 4.78 is 5.58. The molecular formula is C36H44N4O7. The van der Waals surface area contributed by atoms with Crippen LogP contribution in [-0.4, -0.2) is 86.4 Å². The van der Waals surface area contributed by atoms with Crippen LogP contribution in [0.5, 0.6) is 0 Å². The predicted molar refractivity (Wildman–Crippen MR) is 173 cm³/mol. The van der Waals surface area contributed by atoms with E-state index in [1.807, 2.05) is 42.5 Å². The zero-order valence-electron chi connectivity index (χ0n) is 27.3. The Kier molecular flexibility index (Phi) is 8.84. The lowest BCUT2D eigenvalue weighted by Crippen LogP contribution is -2.56. The van der Waals surface area contributed by atoms with Crippen LogP contribution < -0.4 is 5.32 Å². The van der Waals surface area contributed by atoms with Gasteiger partial charge in [-0.2, -0.15) is 0 Å². The summed E-state index contributed by atoms with van der Waals surface area (Å²) in [5.41, 5.74) is -1.13. The van der Waals surface area contributed by atoms with Crippen molar-refractivity contribution >= 4 is 40.6 Å². The zero-order valence-corrected chi connectivity index (χ0v) is 27.3. The zero-order chi connectivity index (χ0) is 33.5. The summed E-state index contributed by atoms with van der Waals surface area (Å²) in [4.78, 5) is 75.4. The van der Waals surface area contributed by atoms with E-state index in [9.17, 15) is 29.1 Å². The molecule has 4 aliphatic rings. The molecule has 1 aliphatic carbocycles. The highest BCUT2D eigenvalue weighted by Gasteiger charge is 2.62. The first kappa shape index (κ1) is 32.7. The number of esters is 1. The van der Waals surface area contributed by atoms with Crippen molar-refractivity contribution < 1.29 is 33.8 Å². The molecule has 11 heteroatoms. The van der Waals surface area contributed by atoms with Gasteiger partial charge in [0.2, 0.25) is 11.8 Å². The van der Waals surface area contributed by atoms with Gasteiger partial charge in [-0.05, 0) is 58.6 Å². The van der Waals surface area contributed by atoms with Gasteiger partial charge in [-0.25, -0.2) is 9.78 Å². The van der Waals surface area contributed by atoms with Crippen LogP contribution in [0.3, 0.4) is 0 Å². The maximum atomic E-state index is 14.3. The quantitative estimate of drug-likeness (QED) is 0.376. The molecule has 47 heavy (non-hydrogen) atoms. The van der Waals surface area contributed by atoms with Gasteiger partial charge in [0.05, 0.1) is 11.9 Å². The molecule has 0 radical (unpaired) electrons. The summed E-state index contributed by atoms with van der Waals surface area (Å²) in [7, 11) is 0. The summed E-state index contributed by atoms with van der Waals surface area (Å²) in [5.74, 6) is -4.28. The van der Waals surface area contributed by atoms with E-state index in [0.29, 0.717) is 24.2 Å². The third-order valence-electron chi connectivity index (χ3n) is 10.0. The molecule has 1 saturated carbocycles. The summed E-state index contributed by atoms with van der Waals surface area (Å²) in [6.07, 6.45) is 7.72. The minimum Gasteiger partial charge on any atom is -0.479 e. The van der Waals surface area contributed by atoms with Gasteiger partial charge in [-0.1, -0.05) is 49.3 Å². The highest BCUT2D eigenvalue weighted by atomic mass is 16.6. The van der Waals surface area contributed by atoms with Gasteiger partial charge in [0.1, 0.15) is 22.9 Å². The number of nitrogens with zero attached hydrogens (tertiary/aromatic N) is 3. The van der Waals surface area contributed by atoms with Crippen molar-refractivity contribution in [2.75, 3.05) is 19.6 Å². The molecule has 0 unspecified atom stereocenters. The Labute approximate surface area is 274 Å². The number of nitrogens with one attached hydrogen (secondary N) is 1. The fourth-order valence-electron chi connectivity index (χ4n) is 7.60. The number of likely N-dealkylation sites (tertiary alicyclic amines) is 1. The third-order valence-corrected chi connectivity index (χ3v) is 10.0. The van der Waals surface area contributed by atoms with E-state index in [2.05, 4.69) is 10.3 Å². The number of fused-ring (bicyclic) bond motifs is 5. The number of aliphatic carboxylic acids is 1. The number of amides is 3. The van der Waals surface area contributed by atoms with Gasteiger partial charge in [0.25, 0.3) is 5.91 Å². The van der Waals surface area contributed by atoms with Crippen LogP contribution in [0.25, 0.3) is 10.9 Å². The fraction of sp³-hybridized carbons (Fsp3) is 0.556. The van der Waals surface area contributed by atoms with Crippen LogP contribution in [0.2, 0.25) is 0 Å². The second kappa shape index (κ2) is 12.7. The number of para-hydroxylation sites is 1. The lowest BCUT2D eigenvalue weighted by atomic mass is 9.92. The molecule has 11 nitrogen and oxygen atoms in total. The summed E-state index contributed by atoms with van der Waals surface area (Å²) in [6, 6.07) is 10.1. The standard InChI is InChI=1S/C36H44N4O7/c1-35(2,3)47-29(41)17-23-12-7-5-4-6-8-13-25-18-36(25,34(45)46)38-31(42)30-26-21-39(19-24(26)20-40(30)32(23)43)33(44)28-16-15-22-11-9-10-14-27(22)37-28/h8-11,13-16,23-26,30H,4-7,12,17-21H2,1-3H3,(H,38,42)(H,45,46)/b13-8-/t23-,24-,25+,26-,30-,36+/m0/s1. The van der Waals surface area contributed by atoms with Crippen molar-refractivity contribution in [1.82, 2.24) is 20.1 Å². The number of carboxylic acids is 1. The molecule has 6 atom stereocenters. The summed E-state index contributed by atoms with van der Waals surface area (Å²) in [6.45, 7) is 6.12. The van der Waals surface area contributed by atoms with Crippen LogP contribution in [0.15, 0.2) is 48.6 Å². The number of hydrogen-bond donors (Lipinski definition) is 2. The van der Waals surface area contributed by atoms with Crippen LogP contribution in [-0.2, 0) is 23.9 Å². The summed E-state index contributed by atoms with van der Waals surface area (Å²) in [5, 5.41) is 14.0. The number of carboxylic acid groups (broad SMARTS) is 1. The highest BCUT2D eigenvalue weighted by molar-refractivity contribution is 5.97. The van der Waals surface area contributed by atoms with E-state index in [-0.39, 0.29) is 49.6 Å². The number of benzene rings is 1. The third kappa shape index (κ3) is 6.75. The molecule has 1 aromatic carbocycles. The first-order valence-electron chi connectivity index (χ1n) is 16.8. The average Bonchev–Trinajstić information content (AvgIpc) is 3.37. The van der Waals surface area contributed by atoms with Crippen molar-refractivity contribution in [2.24, 2.45) is 23.7 Å². The SMILES string of the molecule is CC(C)(C)OC(=O)C[C@@H]1CCCCC/C=C\[C@@H]2C[C@@]2(C(=O)O)NC(=O)[C@@H]2[C@H]3CN(C(=O)c4ccc5ccccc5n4)C[C@H]3CN2C1=O. The molecule has 3 amide bonds. The molecule has 250 valence electrons. The van der Waals surface area contributed by atoms with Gasteiger partial charge >= 0.3 is 11.9 Å². The Balaban J connectivity index is 1.28. The smallest absolute Gasteiger partial charge is 0.330 e. The van der Waals surface area contributed by atoms with E-state index >= 15 is 0 Å². The molecule has 2 N–H and O–H groups in total. The van der Waals surface area contributed by atoms with Crippen molar-refractivity contribution in [3.8, 4) is 0 Å². The normalized spacial score (nSPS) is 30.3. The van der Waals surface area contributed by atoms with Gasteiger partial charge in [0.15, 0.2) is 0 Å². The maximum Gasteiger partial charge on any atom is 0.330 e. The van der Waals surface area contributed by atoms with Gasteiger partial charge in [-0.3, -0.25) is 19.2 Å². The monoisotopic (exact) mass is 644 g/mol. The lowest BCUT2D eigenvalue weighted by molar-refractivity contribution is -0.159. The molecular weight excluding hydrogens is 600 g/mol. The first-order valence-corrected chi connectivity index (χ1v) is 16.8. The number of aromatic nitrogens is 1. The minimum absolute atomic E-state index is 0.102. The molecule has 0 bridgehead atoms. The van der Waals surface area contributed by atoms with Crippen LogP contribution in [0.1, 0.15) is 76.2 Å². The molecule has 3 fully saturated rings. The summed E-state index contributed by atoms with van der Waals surface area (Å²) >= 11 is 0. The number of carbonyl (C=O) groups excluding carboxylic acids is 4. The van der Waals surface area contributed by atoms with Crippen molar-refractivity contribution in [3.05, 3.63) is 54.2 Å². The number of allylic oxidation sites excluding steroid dienone is 1.